The van der Waals surface area contributed by atoms with Gasteiger partial charge in [0.2, 0.25) is 0 Å². The van der Waals surface area contributed by atoms with Crippen LogP contribution in [0.5, 0.6) is 0 Å². The van der Waals surface area contributed by atoms with E-state index in [9.17, 15) is 8.78 Å². The molecule has 0 bridgehead atoms. The molecule has 0 aromatic carbocycles. The maximum atomic E-state index is 14.2. The van der Waals surface area contributed by atoms with E-state index in [1.54, 1.807) is 0 Å². The van der Waals surface area contributed by atoms with Crippen molar-refractivity contribution >= 4 is 5.71 Å². The summed E-state index contributed by atoms with van der Waals surface area (Å²) in [4.78, 5) is 3.78. The summed E-state index contributed by atoms with van der Waals surface area (Å²) in [5.41, 5.74) is -1.38. The normalized spacial score (nSPS) is 29.5. The van der Waals surface area contributed by atoms with Gasteiger partial charge in [0.25, 0.3) is 0 Å². The number of hydrogen-bond acceptors (Lipinski definition) is 2. The van der Waals surface area contributed by atoms with E-state index in [1.807, 2.05) is 0 Å². The SMILES string of the molecule is OCCC1=CN=C2C=C(F)C=CC12F. The monoisotopic (exact) mass is 197 g/mol. The highest BCUT2D eigenvalue weighted by atomic mass is 19.1. The van der Waals surface area contributed by atoms with Crippen molar-refractivity contribution in [3.8, 4) is 0 Å². The molecule has 4 heteroatoms. The molecule has 0 radical (unpaired) electrons. The minimum Gasteiger partial charge on any atom is -0.396 e. The molecule has 2 nitrogen and oxygen atoms in total. The summed E-state index contributed by atoms with van der Waals surface area (Å²) in [5.74, 6) is -0.504. The second kappa shape index (κ2) is 3.13. The van der Waals surface area contributed by atoms with Gasteiger partial charge in [-0.1, -0.05) is 0 Å². The minimum absolute atomic E-state index is 0.0564. The van der Waals surface area contributed by atoms with Crippen LogP contribution >= 0.6 is 0 Å². The molecule has 0 aromatic rings. The molecule has 0 saturated heterocycles. The number of aliphatic imine (C=N–C) groups is 1. The lowest BCUT2D eigenvalue weighted by atomic mass is 9.87. The summed E-state index contributed by atoms with van der Waals surface area (Å²) in [6, 6.07) is 0. The highest BCUT2D eigenvalue weighted by molar-refractivity contribution is 6.09. The molecule has 2 rings (SSSR count). The van der Waals surface area contributed by atoms with Gasteiger partial charge in [0.15, 0.2) is 5.67 Å². The molecule has 0 amide bonds. The number of nitrogens with zero attached hydrogens (tertiary/aromatic N) is 1. The summed E-state index contributed by atoms with van der Waals surface area (Å²) in [5, 5.41) is 8.71. The average molecular weight is 197 g/mol. The molecule has 1 atom stereocenters. The predicted octanol–water partition coefficient (Wildman–Crippen LogP) is 1.84. The maximum Gasteiger partial charge on any atom is 0.194 e. The first-order chi connectivity index (χ1) is 6.66. The largest absolute Gasteiger partial charge is 0.396 e. The van der Waals surface area contributed by atoms with E-state index in [2.05, 4.69) is 4.99 Å². The van der Waals surface area contributed by atoms with Gasteiger partial charge in [-0.25, -0.2) is 8.78 Å². The van der Waals surface area contributed by atoms with Gasteiger partial charge in [-0.2, -0.15) is 0 Å². The lowest BCUT2D eigenvalue weighted by Gasteiger charge is -2.22. The highest BCUT2D eigenvalue weighted by Crippen LogP contribution is 2.36. The molecule has 1 N–H and O–H groups in total. The van der Waals surface area contributed by atoms with Crippen molar-refractivity contribution in [2.75, 3.05) is 6.61 Å². The zero-order valence-electron chi connectivity index (χ0n) is 7.37. The Bertz CT molecular complexity index is 382. The fraction of sp³-hybridized carbons (Fsp3) is 0.300. The second-order valence-corrected chi connectivity index (χ2v) is 3.22. The molecule has 0 aromatic heterocycles. The molecule has 0 spiro atoms. The van der Waals surface area contributed by atoms with Gasteiger partial charge in [-0.3, -0.25) is 4.99 Å². The minimum atomic E-state index is -1.81. The fourth-order valence-electron chi connectivity index (χ4n) is 1.57. The van der Waals surface area contributed by atoms with Crippen molar-refractivity contribution in [3.63, 3.8) is 0 Å². The molecule has 1 unspecified atom stereocenters. The summed E-state index contributed by atoms with van der Waals surface area (Å²) >= 11 is 0. The second-order valence-electron chi connectivity index (χ2n) is 3.22. The van der Waals surface area contributed by atoms with Crippen LogP contribution in [0.25, 0.3) is 0 Å². The number of alkyl halides is 1. The third-order valence-electron chi connectivity index (χ3n) is 2.33. The number of aliphatic hydroxyl groups excluding tert-OH is 1. The molecular weight excluding hydrogens is 188 g/mol. The summed E-state index contributed by atoms with van der Waals surface area (Å²) in [7, 11) is 0. The number of hydrogen-bond donors (Lipinski definition) is 1. The van der Waals surface area contributed by atoms with Crippen LogP contribution in [-0.4, -0.2) is 23.1 Å². The Labute approximate surface area is 80.0 Å². The van der Waals surface area contributed by atoms with E-state index >= 15 is 0 Å². The third-order valence-corrected chi connectivity index (χ3v) is 2.33. The highest BCUT2D eigenvalue weighted by Gasteiger charge is 2.41. The Morgan fingerprint density at radius 2 is 2.29 bits per heavy atom. The molecule has 1 heterocycles. The molecule has 1 aliphatic carbocycles. The van der Waals surface area contributed by atoms with Crippen LogP contribution in [0.1, 0.15) is 6.42 Å². The van der Waals surface area contributed by atoms with Gasteiger partial charge in [0.05, 0.1) is 5.71 Å². The number of aliphatic hydroxyl groups is 1. The third kappa shape index (κ3) is 1.23. The zero-order chi connectivity index (χ0) is 10.2. The molecule has 2 aliphatic rings. The summed E-state index contributed by atoms with van der Waals surface area (Å²) < 4.78 is 26.9. The van der Waals surface area contributed by atoms with Gasteiger partial charge in [-0.15, -0.1) is 0 Å². The molecular formula is C10H9F2NO. The first-order valence-corrected chi connectivity index (χ1v) is 4.31. The topological polar surface area (TPSA) is 32.6 Å². The van der Waals surface area contributed by atoms with E-state index in [0.717, 1.165) is 18.2 Å². The lowest BCUT2D eigenvalue weighted by Crippen LogP contribution is -2.32. The first kappa shape index (κ1) is 9.27. The van der Waals surface area contributed by atoms with Crippen molar-refractivity contribution in [2.45, 2.75) is 12.1 Å². The number of rotatable bonds is 2. The Morgan fingerprint density at radius 3 is 3.00 bits per heavy atom. The molecule has 0 fully saturated rings. The van der Waals surface area contributed by atoms with Crippen LogP contribution in [0.15, 0.2) is 40.8 Å². The van der Waals surface area contributed by atoms with Gasteiger partial charge < -0.3 is 5.11 Å². The van der Waals surface area contributed by atoms with Gasteiger partial charge in [-0.05, 0) is 30.2 Å². The lowest BCUT2D eigenvalue weighted by molar-refractivity contribution is 0.282. The first-order valence-electron chi connectivity index (χ1n) is 4.31. The van der Waals surface area contributed by atoms with Gasteiger partial charge in [0.1, 0.15) is 5.83 Å². The van der Waals surface area contributed by atoms with E-state index in [-0.39, 0.29) is 18.7 Å². The van der Waals surface area contributed by atoms with Crippen LogP contribution in [0.4, 0.5) is 8.78 Å². The standard InChI is InChI=1S/C10H9F2NO/c11-8-1-3-10(12)7(2-4-14)6-13-9(10)5-8/h1,3,5-6,14H,2,4H2. The molecule has 1 aliphatic heterocycles. The van der Waals surface area contributed by atoms with Crippen molar-refractivity contribution in [3.05, 3.63) is 35.8 Å². The quantitative estimate of drug-likeness (QED) is 0.719. The zero-order valence-corrected chi connectivity index (χ0v) is 7.37. The van der Waals surface area contributed by atoms with Crippen molar-refractivity contribution in [1.29, 1.82) is 0 Å². The Morgan fingerprint density at radius 1 is 1.50 bits per heavy atom. The van der Waals surface area contributed by atoms with Crippen molar-refractivity contribution < 1.29 is 13.9 Å². The maximum absolute atomic E-state index is 14.2. The van der Waals surface area contributed by atoms with Crippen LogP contribution in [0.3, 0.4) is 0 Å². The van der Waals surface area contributed by atoms with E-state index in [0.29, 0.717) is 5.57 Å². The molecule has 0 saturated carbocycles. The van der Waals surface area contributed by atoms with E-state index < -0.39 is 11.5 Å². The Kier molecular flexibility index (Phi) is 2.07. The Balaban J connectivity index is 2.32. The van der Waals surface area contributed by atoms with Crippen LogP contribution in [0.2, 0.25) is 0 Å². The van der Waals surface area contributed by atoms with Crippen LogP contribution in [0, 0.1) is 0 Å². The predicted molar refractivity (Wildman–Crippen MR) is 49.4 cm³/mol. The van der Waals surface area contributed by atoms with Crippen LogP contribution in [-0.2, 0) is 0 Å². The van der Waals surface area contributed by atoms with Gasteiger partial charge in [0, 0.05) is 12.8 Å². The Hall–Kier alpha value is -1.29. The smallest absolute Gasteiger partial charge is 0.194 e. The summed E-state index contributed by atoms with van der Waals surface area (Å²) in [6.07, 6.45) is 4.85. The summed E-state index contributed by atoms with van der Waals surface area (Å²) in [6.45, 7) is -0.139. The van der Waals surface area contributed by atoms with E-state index in [1.165, 1.54) is 6.20 Å². The number of fused-ring (bicyclic) bond motifs is 1. The molecule has 74 valence electrons. The number of allylic oxidation sites excluding steroid dienone is 4. The van der Waals surface area contributed by atoms with Gasteiger partial charge >= 0.3 is 0 Å². The van der Waals surface area contributed by atoms with Crippen molar-refractivity contribution in [2.24, 2.45) is 4.99 Å². The fourth-order valence-corrected chi connectivity index (χ4v) is 1.57. The van der Waals surface area contributed by atoms with E-state index in [4.69, 9.17) is 5.11 Å². The van der Waals surface area contributed by atoms with Crippen LogP contribution < -0.4 is 0 Å². The van der Waals surface area contributed by atoms with Crippen molar-refractivity contribution in [1.82, 2.24) is 0 Å². The average Bonchev–Trinajstić information content (AvgIpc) is 2.46. The number of halogens is 2. The molecule has 14 heavy (non-hydrogen) atoms.